The Morgan fingerprint density at radius 3 is 2.26 bits per heavy atom. The molecule has 112 valence electrons. The van der Waals surface area contributed by atoms with Gasteiger partial charge in [0.1, 0.15) is 5.60 Å². The number of nitrogens with zero attached hydrogens (tertiary/aromatic N) is 1. The molecule has 0 spiro atoms. The maximum absolute atomic E-state index is 13.1. The third-order valence-electron chi connectivity index (χ3n) is 3.38. The summed E-state index contributed by atoms with van der Waals surface area (Å²) in [6.45, 7) is 4.71. The SMILES string of the molecule is CC(C)(C)OC(=O)N1C[C@H](CO)[C@@](C)(C(F)(F)F)C1. The summed E-state index contributed by atoms with van der Waals surface area (Å²) in [5.41, 5.74) is -2.86. The molecular formula is C12H20F3NO3. The molecule has 4 nitrogen and oxygen atoms in total. The van der Waals surface area contributed by atoms with Gasteiger partial charge in [-0.3, -0.25) is 0 Å². The summed E-state index contributed by atoms with van der Waals surface area (Å²) in [6, 6.07) is 0. The number of alkyl halides is 3. The Balaban J connectivity index is 2.86. The summed E-state index contributed by atoms with van der Waals surface area (Å²) in [7, 11) is 0. The van der Waals surface area contributed by atoms with Gasteiger partial charge in [-0.15, -0.1) is 0 Å². The van der Waals surface area contributed by atoms with Gasteiger partial charge in [0, 0.05) is 25.6 Å². The summed E-state index contributed by atoms with van der Waals surface area (Å²) in [5.74, 6) is -1.03. The minimum Gasteiger partial charge on any atom is -0.444 e. The molecule has 1 amide bonds. The molecule has 1 heterocycles. The van der Waals surface area contributed by atoms with E-state index in [4.69, 9.17) is 9.84 Å². The van der Waals surface area contributed by atoms with Crippen LogP contribution in [-0.4, -0.2) is 47.6 Å². The second-order valence-corrected chi connectivity index (χ2v) is 6.16. The van der Waals surface area contributed by atoms with Gasteiger partial charge in [-0.05, 0) is 27.7 Å². The van der Waals surface area contributed by atoms with E-state index >= 15 is 0 Å². The molecule has 0 aliphatic carbocycles. The molecule has 7 heteroatoms. The Morgan fingerprint density at radius 1 is 1.42 bits per heavy atom. The van der Waals surface area contributed by atoms with E-state index in [1.807, 2.05) is 0 Å². The summed E-state index contributed by atoms with van der Waals surface area (Å²) < 4.78 is 44.3. The van der Waals surface area contributed by atoms with Crippen molar-refractivity contribution in [3.63, 3.8) is 0 Å². The summed E-state index contributed by atoms with van der Waals surface area (Å²) in [6.07, 6.45) is -5.25. The number of amides is 1. The minimum atomic E-state index is -4.48. The van der Waals surface area contributed by atoms with Crippen LogP contribution in [-0.2, 0) is 4.74 Å². The predicted octanol–water partition coefficient (Wildman–Crippen LogP) is 2.41. The second kappa shape index (κ2) is 4.85. The number of carbonyl (C=O) groups excluding carboxylic acids is 1. The van der Waals surface area contributed by atoms with Gasteiger partial charge in [0.25, 0.3) is 0 Å². The molecule has 1 rings (SSSR count). The fraction of sp³-hybridized carbons (Fsp3) is 0.917. The average molecular weight is 283 g/mol. The number of aliphatic hydroxyl groups excluding tert-OH is 1. The van der Waals surface area contributed by atoms with Crippen LogP contribution in [0.3, 0.4) is 0 Å². The molecule has 0 unspecified atom stereocenters. The number of halogens is 3. The Labute approximate surface area is 110 Å². The highest BCUT2D eigenvalue weighted by atomic mass is 19.4. The zero-order valence-electron chi connectivity index (χ0n) is 11.5. The van der Waals surface area contributed by atoms with E-state index in [0.29, 0.717) is 0 Å². The lowest BCUT2D eigenvalue weighted by Gasteiger charge is -2.31. The van der Waals surface area contributed by atoms with Crippen LogP contribution in [0.2, 0.25) is 0 Å². The van der Waals surface area contributed by atoms with Gasteiger partial charge in [-0.2, -0.15) is 13.2 Å². The number of ether oxygens (including phenoxy) is 1. The molecule has 0 radical (unpaired) electrons. The summed E-state index contributed by atoms with van der Waals surface area (Å²) >= 11 is 0. The fourth-order valence-electron chi connectivity index (χ4n) is 2.10. The Bertz CT molecular complexity index is 351. The molecule has 1 saturated heterocycles. The predicted molar refractivity (Wildman–Crippen MR) is 62.5 cm³/mol. The first kappa shape index (κ1) is 16.1. The molecule has 1 aliphatic heterocycles. The maximum atomic E-state index is 13.1. The molecule has 1 fully saturated rings. The van der Waals surface area contributed by atoms with Crippen LogP contribution >= 0.6 is 0 Å². The van der Waals surface area contributed by atoms with Crippen LogP contribution in [0, 0.1) is 11.3 Å². The van der Waals surface area contributed by atoms with Gasteiger partial charge in [-0.1, -0.05) is 0 Å². The molecule has 1 aliphatic rings. The second-order valence-electron chi connectivity index (χ2n) is 6.16. The molecule has 0 bridgehead atoms. The molecule has 0 aromatic heterocycles. The first-order valence-electron chi connectivity index (χ1n) is 6.06. The van der Waals surface area contributed by atoms with E-state index in [-0.39, 0.29) is 6.54 Å². The van der Waals surface area contributed by atoms with Crippen LogP contribution < -0.4 is 0 Å². The normalized spacial score (nSPS) is 28.6. The van der Waals surface area contributed by atoms with Crippen LogP contribution in [0.5, 0.6) is 0 Å². The molecule has 0 aromatic rings. The van der Waals surface area contributed by atoms with Crippen molar-refractivity contribution in [2.45, 2.75) is 39.5 Å². The van der Waals surface area contributed by atoms with Gasteiger partial charge >= 0.3 is 12.3 Å². The van der Waals surface area contributed by atoms with Crippen molar-refractivity contribution >= 4 is 6.09 Å². The molecule has 1 N–H and O–H groups in total. The Kier molecular flexibility index (Phi) is 4.10. The van der Waals surface area contributed by atoms with Gasteiger partial charge in [0.2, 0.25) is 0 Å². The third-order valence-corrected chi connectivity index (χ3v) is 3.38. The lowest BCUT2D eigenvalue weighted by Crippen LogP contribution is -2.44. The zero-order valence-corrected chi connectivity index (χ0v) is 11.5. The van der Waals surface area contributed by atoms with E-state index in [9.17, 15) is 18.0 Å². The first-order valence-corrected chi connectivity index (χ1v) is 6.06. The monoisotopic (exact) mass is 283 g/mol. The van der Waals surface area contributed by atoms with Crippen molar-refractivity contribution < 1.29 is 27.8 Å². The molecule has 0 aromatic carbocycles. The highest BCUT2D eigenvalue weighted by Crippen LogP contribution is 2.48. The number of likely N-dealkylation sites (tertiary alicyclic amines) is 1. The highest BCUT2D eigenvalue weighted by molar-refractivity contribution is 5.68. The standard InChI is InChI=1S/C12H20F3NO3/c1-10(2,3)19-9(18)16-5-8(6-17)11(4,7-16)12(13,14)15/h8,17H,5-7H2,1-4H3/t8-,11+/m1/s1. The quantitative estimate of drug-likeness (QED) is 0.804. The molecule has 2 atom stereocenters. The van der Waals surface area contributed by atoms with Crippen molar-refractivity contribution in [1.29, 1.82) is 0 Å². The number of hydrogen-bond acceptors (Lipinski definition) is 3. The van der Waals surface area contributed by atoms with Gasteiger partial charge in [-0.25, -0.2) is 4.79 Å². The number of aliphatic hydroxyl groups is 1. The van der Waals surface area contributed by atoms with Crippen LogP contribution in [0.25, 0.3) is 0 Å². The largest absolute Gasteiger partial charge is 0.444 e. The highest BCUT2D eigenvalue weighted by Gasteiger charge is 2.60. The maximum Gasteiger partial charge on any atom is 0.410 e. The number of carbonyl (C=O) groups is 1. The van der Waals surface area contributed by atoms with Crippen molar-refractivity contribution in [3.8, 4) is 0 Å². The molecule has 19 heavy (non-hydrogen) atoms. The summed E-state index contributed by atoms with van der Waals surface area (Å²) in [4.78, 5) is 12.8. The van der Waals surface area contributed by atoms with Gasteiger partial charge < -0.3 is 14.7 Å². The molecular weight excluding hydrogens is 263 g/mol. The lowest BCUT2D eigenvalue weighted by atomic mass is 9.80. The fourth-order valence-corrected chi connectivity index (χ4v) is 2.10. The first-order chi connectivity index (χ1) is 8.40. The average Bonchev–Trinajstić information content (AvgIpc) is 2.53. The Hall–Kier alpha value is -0.980. The van der Waals surface area contributed by atoms with E-state index < -0.39 is 42.4 Å². The van der Waals surface area contributed by atoms with E-state index in [2.05, 4.69) is 0 Å². The Morgan fingerprint density at radius 2 is 1.95 bits per heavy atom. The van der Waals surface area contributed by atoms with E-state index in [1.165, 1.54) is 0 Å². The van der Waals surface area contributed by atoms with Crippen molar-refractivity contribution in [2.75, 3.05) is 19.7 Å². The summed E-state index contributed by atoms with van der Waals surface area (Å²) in [5, 5.41) is 9.12. The van der Waals surface area contributed by atoms with Crippen LogP contribution in [0.4, 0.5) is 18.0 Å². The molecule has 0 saturated carbocycles. The number of rotatable bonds is 1. The van der Waals surface area contributed by atoms with Crippen molar-refractivity contribution in [2.24, 2.45) is 11.3 Å². The smallest absolute Gasteiger partial charge is 0.410 e. The van der Waals surface area contributed by atoms with Gasteiger partial charge in [0.15, 0.2) is 0 Å². The van der Waals surface area contributed by atoms with E-state index in [1.54, 1.807) is 20.8 Å². The minimum absolute atomic E-state index is 0.151. The van der Waals surface area contributed by atoms with Crippen molar-refractivity contribution in [1.82, 2.24) is 4.90 Å². The zero-order chi connectivity index (χ0) is 15.1. The van der Waals surface area contributed by atoms with E-state index in [0.717, 1.165) is 11.8 Å². The van der Waals surface area contributed by atoms with Crippen LogP contribution in [0.15, 0.2) is 0 Å². The van der Waals surface area contributed by atoms with Crippen molar-refractivity contribution in [3.05, 3.63) is 0 Å². The topological polar surface area (TPSA) is 49.8 Å². The third kappa shape index (κ3) is 3.32. The van der Waals surface area contributed by atoms with Gasteiger partial charge in [0.05, 0.1) is 5.41 Å². The van der Waals surface area contributed by atoms with Crippen LogP contribution in [0.1, 0.15) is 27.7 Å². The lowest BCUT2D eigenvalue weighted by molar-refractivity contribution is -0.228. The number of hydrogen-bond donors (Lipinski definition) is 1.